The second-order valence-corrected chi connectivity index (χ2v) is 6.46. The van der Waals surface area contributed by atoms with Gasteiger partial charge in [0.25, 0.3) is 0 Å². The van der Waals surface area contributed by atoms with Gasteiger partial charge in [-0.1, -0.05) is 29.3 Å². The van der Waals surface area contributed by atoms with E-state index in [0.717, 1.165) is 27.5 Å². The highest BCUT2D eigenvalue weighted by Crippen LogP contribution is 2.26. The zero-order chi connectivity index (χ0) is 14.4. The lowest BCUT2D eigenvalue weighted by molar-refractivity contribution is -0.122. The van der Waals surface area contributed by atoms with Crippen LogP contribution in [0.5, 0.6) is 0 Å². The van der Waals surface area contributed by atoms with Crippen molar-refractivity contribution in [1.82, 2.24) is 5.32 Å². The molecule has 0 aliphatic carbocycles. The number of carbonyl (C=O) groups is 1. The van der Waals surface area contributed by atoms with Crippen LogP contribution in [0.2, 0.25) is 0 Å². The van der Waals surface area contributed by atoms with Crippen LogP contribution in [0.15, 0.2) is 27.1 Å². The summed E-state index contributed by atoms with van der Waals surface area (Å²) in [4.78, 5) is 12.0. The Morgan fingerprint density at radius 2 is 2.00 bits per heavy atom. The Morgan fingerprint density at radius 1 is 1.32 bits per heavy atom. The van der Waals surface area contributed by atoms with Crippen molar-refractivity contribution in [3.8, 4) is 0 Å². The van der Waals surface area contributed by atoms with Gasteiger partial charge in [-0.05, 0) is 54.4 Å². The molecule has 0 fully saturated rings. The molecule has 0 aliphatic heterocycles. The number of halogens is 2. The Balaban J connectivity index is 2.58. The Bertz CT molecular complexity index is 437. The smallest absolute Gasteiger partial charge is 0.242 e. The van der Waals surface area contributed by atoms with Crippen LogP contribution in [-0.2, 0) is 4.79 Å². The van der Waals surface area contributed by atoms with Crippen LogP contribution < -0.4 is 10.6 Å². The van der Waals surface area contributed by atoms with Gasteiger partial charge in [-0.3, -0.25) is 4.79 Å². The zero-order valence-corrected chi connectivity index (χ0v) is 14.6. The lowest BCUT2D eigenvalue weighted by Gasteiger charge is -2.19. The minimum Gasteiger partial charge on any atom is -0.373 e. The summed E-state index contributed by atoms with van der Waals surface area (Å²) in [6, 6.07) is 5.78. The third-order valence-corrected chi connectivity index (χ3v) is 3.96. The summed E-state index contributed by atoms with van der Waals surface area (Å²) in [5.74, 6) is 0.0239. The molecule has 2 atom stereocenters. The topological polar surface area (TPSA) is 41.1 Å². The molecular formula is C14H20Br2N2O. The lowest BCUT2D eigenvalue weighted by Crippen LogP contribution is -2.42. The largest absolute Gasteiger partial charge is 0.373 e. The Labute approximate surface area is 131 Å². The highest BCUT2D eigenvalue weighted by atomic mass is 79.9. The molecule has 3 nitrogen and oxygen atoms in total. The van der Waals surface area contributed by atoms with E-state index in [1.54, 1.807) is 0 Å². The van der Waals surface area contributed by atoms with Crippen molar-refractivity contribution in [2.45, 2.75) is 45.7 Å². The van der Waals surface area contributed by atoms with E-state index in [-0.39, 0.29) is 18.0 Å². The number of anilines is 1. The van der Waals surface area contributed by atoms with Crippen molar-refractivity contribution in [2.24, 2.45) is 0 Å². The first-order valence-electron chi connectivity index (χ1n) is 6.46. The summed E-state index contributed by atoms with van der Waals surface area (Å²) >= 11 is 6.88. The van der Waals surface area contributed by atoms with E-state index in [2.05, 4.69) is 49.4 Å². The normalized spacial score (nSPS) is 13.7. The van der Waals surface area contributed by atoms with Crippen molar-refractivity contribution < 1.29 is 4.79 Å². The van der Waals surface area contributed by atoms with Gasteiger partial charge in [0.1, 0.15) is 6.04 Å². The van der Waals surface area contributed by atoms with Crippen LogP contribution in [0.3, 0.4) is 0 Å². The molecule has 0 heterocycles. The molecule has 0 radical (unpaired) electrons. The minimum absolute atomic E-state index is 0.0239. The number of rotatable bonds is 6. The third-order valence-electron chi connectivity index (χ3n) is 2.81. The molecule has 0 spiro atoms. The fourth-order valence-electron chi connectivity index (χ4n) is 1.78. The van der Waals surface area contributed by atoms with Gasteiger partial charge < -0.3 is 10.6 Å². The standard InChI is InChI=1S/C14H20Br2N2O/c1-4-5-9(2)17-14(19)10(3)18-13-7-6-11(15)8-12(13)16/h6-10,18H,4-5H2,1-3H3,(H,17,19). The highest BCUT2D eigenvalue weighted by molar-refractivity contribution is 9.11. The van der Waals surface area contributed by atoms with E-state index >= 15 is 0 Å². The Kier molecular flexibility index (Phi) is 6.86. The zero-order valence-electron chi connectivity index (χ0n) is 11.5. The molecular weight excluding hydrogens is 372 g/mol. The molecule has 106 valence electrons. The van der Waals surface area contributed by atoms with E-state index in [1.165, 1.54) is 0 Å². The summed E-state index contributed by atoms with van der Waals surface area (Å²) in [6.45, 7) is 6.01. The van der Waals surface area contributed by atoms with Crippen LogP contribution in [-0.4, -0.2) is 18.0 Å². The molecule has 1 rings (SSSR count). The predicted molar refractivity (Wildman–Crippen MR) is 87.4 cm³/mol. The molecule has 0 aromatic heterocycles. The minimum atomic E-state index is -0.267. The van der Waals surface area contributed by atoms with Gasteiger partial charge in [0.2, 0.25) is 5.91 Å². The van der Waals surface area contributed by atoms with Gasteiger partial charge >= 0.3 is 0 Å². The van der Waals surface area contributed by atoms with Crippen molar-refractivity contribution in [1.29, 1.82) is 0 Å². The summed E-state index contributed by atoms with van der Waals surface area (Å²) in [7, 11) is 0. The van der Waals surface area contributed by atoms with Gasteiger partial charge in [-0.15, -0.1) is 0 Å². The van der Waals surface area contributed by atoms with Gasteiger partial charge in [-0.2, -0.15) is 0 Å². The summed E-state index contributed by atoms with van der Waals surface area (Å²) in [5.41, 5.74) is 0.911. The number of hydrogen-bond acceptors (Lipinski definition) is 2. The van der Waals surface area contributed by atoms with E-state index in [9.17, 15) is 4.79 Å². The fraction of sp³-hybridized carbons (Fsp3) is 0.500. The van der Waals surface area contributed by atoms with Crippen molar-refractivity contribution in [3.05, 3.63) is 27.1 Å². The van der Waals surface area contributed by atoms with E-state index < -0.39 is 0 Å². The maximum atomic E-state index is 12.0. The average Bonchev–Trinajstić information content (AvgIpc) is 2.32. The molecule has 1 aromatic carbocycles. The first-order chi connectivity index (χ1) is 8.93. The first kappa shape index (κ1) is 16.5. The molecule has 0 bridgehead atoms. The maximum Gasteiger partial charge on any atom is 0.242 e. The number of benzene rings is 1. The van der Waals surface area contributed by atoms with E-state index in [4.69, 9.17) is 0 Å². The van der Waals surface area contributed by atoms with E-state index in [0.29, 0.717) is 0 Å². The average molecular weight is 392 g/mol. The molecule has 0 aliphatic rings. The molecule has 19 heavy (non-hydrogen) atoms. The number of carbonyl (C=O) groups excluding carboxylic acids is 1. The highest BCUT2D eigenvalue weighted by Gasteiger charge is 2.15. The van der Waals surface area contributed by atoms with Crippen molar-refractivity contribution >= 4 is 43.5 Å². The Hall–Kier alpha value is -0.550. The van der Waals surface area contributed by atoms with Crippen molar-refractivity contribution in [2.75, 3.05) is 5.32 Å². The number of hydrogen-bond donors (Lipinski definition) is 2. The molecule has 2 unspecified atom stereocenters. The fourth-order valence-corrected chi connectivity index (χ4v) is 2.94. The first-order valence-corrected chi connectivity index (χ1v) is 8.04. The number of nitrogens with one attached hydrogen (secondary N) is 2. The van der Waals surface area contributed by atoms with Gasteiger partial charge in [0.05, 0.1) is 0 Å². The quantitative estimate of drug-likeness (QED) is 0.758. The Morgan fingerprint density at radius 3 is 2.58 bits per heavy atom. The second-order valence-electron chi connectivity index (χ2n) is 4.69. The summed E-state index contributed by atoms with van der Waals surface area (Å²) < 4.78 is 1.93. The third kappa shape index (κ3) is 5.53. The van der Waals surface area contributed by atoms with E-state index in [1.807, 2.05) is 32.0 Å². The SMILES string of the molecule is CCCC(C)NC(=O)C(C)Nc1ccc(Br)cc1Br. The molecule has 5 heteroatoms. The summed E-state index contributed by atoms with van der Waals surface area (Å²) in [5, 5.41) is 6.21. The van der Waals surface area contributed by atoms with Crippen LogP contribution in [0.1, 0.15) is 33.6 Å². The second kappa shape index (κ2) is 7.90. The van der Waals surface area contributed by atoms with Gasteiger partial charge in [0, 0.05) is 20.7 Å². The monoisotopic (exact) mass is 390 g/mol. The molecule has 1 aromatic rings. The summed E-state index contributed by atoms with van der Waals surface area (Å²) in [6.07, 6.45) is 2.07. The maximum absolute atomic E-state index is 12.0. The number of amides is 1. The van der Waals surface area contributed by atoms with Gasteiger partial charge in [-0.25, -0.2) is 0 Å². The van der Waals surface area contributed by atoms with Crippen LogP contribution >= 0.6 is 31.9 Å². The van der Waals surface area contributed by atoms with Crippen LogP contribution in [0.4, 0.5) is 5.69 Å². The molecule has 2 N–H and O–H groups in total. The molecule has 0 saturated heterocycles. The molecule has 1 amide bonds. The van der Waals surface area contributed by atoms with Crippen LogP contribution in [0, 0.1) is 0 Å². The van der Waals surface area contributed by atoms with Gasteiger partial charge in [0.15, 0.2) is 0 Å². The van der Waals surface area contributed by atoms with Crippen LogP contribution in [0.25, 0.3) is 0 Å². The predicted octanol–water partition coefficient (Wildman–Crippen LogP) is 4.32. The molecule has 0 saturated carbocycles. The van der Waals surface area contributed by atoms with Crippen molar-refractivity contribution in [3.63, 3.8) is 0 Å². The lowest BCUT2D eigenvalue weighted by atomic mass is 10.2.